The number of nitrogens with zero attached hydrogens (tertiary/aromatic N) is 2. The zero-order valence-corrected chi connectivity index (χ0v) is 11.5. The number of rotatable bonds is 2. The number of benzene rings is 2. The van der Waals surface area contributed by atoms with E-state index in [2.05, 4.69) is 9.97 Å². The summed E-state index contributed by atoms with van der Waals surface area (Å²) in [7, 11) is 0. The van der Waals surface area contributed by atoms with E-state index in [1.54, 1.807) is 12.1 Å². The molecule has 0 fully saturated rings. The molecule has 0 spiro atoms. The molecule has 2 aromatic carbocycles. The largest absolute Gasteiger partial charge is 0.383 e. The summed E-state index contributed by atoms with van der Waals surface area (Å²) in [6, 6.07) is 15.9. The molecule has 4 heteroatoms. The van der Waals surface area contributed by atoms with Crippen LogP contribution in [0.2, 0.25) is 0 Å². The molecule has 0 atom stereocenters. The van der Waals surface area contributed by atoms with Crippen LogP contribution >= 0.6 is 0 Å². The molecule has 3 rings (SSSR count). The summed E-state index contributed by atoms with van der Waals surface area (Å²) in [5.74, 6) is 0.641. The van der Waals surface area contributed by atoms with Gasteiger partial charge in [0.2, 0.25) is 0 Å². The van der Waals surface area contributed by atoms with Crippen molar-refractivity contribution in [2.24, 2.45) is 0 Å². The van der Waals surface area contributed by atoms with Crippen molar-refractivity contribution >= 4 is 5.82 Å². The SMILES string of the molecule is Cc1c(N)nc(-c2ccc(F)cc2)nc1-c1ccccc1. The fourth-order valence-electron chi connectivity index (χ4n) is 2.14. The Morgan fingerprint density at radius 1 is 0.857 bits per heavy atom. The summed E-state index contributed by atoms with van der Waals surface area (Å²) < 4.78 is 13.0. The number of nitrogens with two attached hydrogens (primary N) is 1. The monoisotopic (exact) mass is 279 g/mol. The number of halogens is 1. The molecule has 0 aliphatic heterocycles. The van der Waals surface area contributed by atoms with E-state index in [0.29, 0.717) is 11.6 Å². The van der Waals surface area contributed by atoms with Gasteiger partial charge in [-0.1, -0.05) is 30.3 Å². The summed E-state index contributed by atoms with van der Waals surface area (Å²) in [4.78, 5) is 8.89. The van der Waals surface area contributed by atoms with E-state index in [-0.39, 0.29) is 5.82 Å². The smallest absolute Gasteiger partial charge is 0.162 e. The number of aromatic nitrogens is 2. The highest BCUT2D eigenvalue weighted by atomic mass is 19.1. The molecule has 0 bridgehead atoms. The van der Waals surface area contributed by atoms with Crippen LogP contribution in [-0.2, 0) is 0 Å². The fourth-order valence-corrected chi connectivity index (χ4v) is 2.14. The molecule has 0 radical (unpaired) electrons. The average molecular weight is 279 g/mol. The average Bonchev–Trinajstić information content (AvgIpc) is 2.51. The summed E-state index contributed by atoms with van der Waals surface area (Å²) in [5, 5.41) is 0. The van der Waals surface area contributed by atoms with Gasteiger partial charge in [-0.2, -0.15) is 0 Å². The number of nitrogen functional groups attached to an aromatic ring is 1. The minimum Gasteiger partial charge on any atom is -0.383 e. The Morgan fingerprint density at radius 3 is 2.19 bits per heavy atom. The molecule has 3 aromatic rings. The lowest BCUT2D eigenvalue weighted by Gasteiger charge is -2.10. The second-order valence-electron chi connectivity index (χ2n) is 4.78. The molecule has 1 heterocycles. The standard InChI is InChI=1S/C17H14FN3/c1-11-15(12-5-3-2-4-6-12)20-17(21-16(11)19)13-7-9-14(18)10-8-13/h2-10H,1H3,(H2,19,20,21). The topological polar surface area (TPSA) is 51.8 Å². The van der Waals surface area contributed by atoms with Crippen molar-refractivity contribution in [1.82, 2.24) is 9.97 Å². The normalized spacial score (nSPS) is 10.6. The van der Waals surface area contributed by atoms with Crippen molar-refractivity contribution in [3.63, 3.8) is 0 Å². The predicted molar refractivity (Wildman–Crippen MR) is 82.0 cm³/mol. The highest BCUT2D eigenvalue weighted by Crippen LogP contribution is 2.27. The van der Waals surface area contributed by atoms with Crippen LogP contribution < -0.4 is 5.73 Å². The molecule has 0 saturated heterocycles. The maximum atomic E-state index is 13.0. The Bertz CT molecular complexity index is 768. The molecule has 0 aliphatic rings. The van der Waals surface area contributed by atoms with E-state index in [1.807, 2.05) is 37.3 Å². The third kappa shape index (κ3) is 2.60. The summed E-state index contributed by atoms with van der Waals surface area (Å²) in [5.41, 5.74) is 9.35. The van der Waals surface area contributed by atoms with Crippen LogP contribution in [0.25, 0.3) is 22.6 Å². The second-order valence-corrected chi connectivity index (χ2v) is 4.78. The van der Waals surface area contributed by atoms with Crippen molar-refractivity contribution in [1.29, 1.82) is 0 Å². The van der Waals surface area contributed by atoms with Gasteiger partial charge in [-0.15, -0.1) is 0 Å². The Kier molecular flexibility index (Phi) is 3.36. The molecule has 1 aromatic heterocycles. The zero-order valence-electron chi connectivity index (χ0n) is 11.5. The maximum Gasteiger partial charge on any atom is 0.162 e. The van der Waals surface area contributed by atoms with Gasteiger partial charge in [0, 0.05) is 16.7 Å². The molecule has 0 unspecified atom stereocenters. The van der Waals surface area contributed by atoms with Gasteiger partial charge >= 0.3 is 0 Å². The lowest BCUT2D eigenvalue weighted by atomic mass is 10.1. The number of hydrogen-bond donors (Lipinski definition) is 1. The molecule has 0 saturated carbocycles. The maximum absolute atomic E-state index is 13.0. The highest BCUT2D eigenvalue weighted by molar-refractivity contribution is 5.71. The lowest BCUT2D eigenvalue weighted by molar-refractivity contribution is 0.628. The van der Waals surface area contributed by atoms with Gasteiger partial charge in [0.05, 0.1) is 5.69 Å². The van der Waals surface area contributed by atoms with Crippen molar-refractivity contribution in [2.45, 2.75) is 6.92 Å². The quantitative estimate of drug-likeness (QED) is 0.775. The first kappa shape index (κ1) is 13.2. The molecule has 21 heavy (non-hydrogen) atoms. The van der Waals surface area contributed by atoms with E-state index in [1.165, 1.54) is 12.1 Å². The van der Waals surface area contributed by atoms with Gasteiger partial charge in [-0.25, -0.2) is 14.4 Å². The number of anilines is 1. The van der Waals surface area contributed by atoms with E-state index < -0.39 is 0 Å². The third-order valence-electron chi connectivity index (χ3n) is 3.33. The van der Waals surface area contributed by atoms with Crippen LogP contribution in [0.4, 0.5) is 10.2 Å². The van der Waals surface area contributed by atoms with E-state index >= 15 is 0 Å². The molecular weight excluding hydrogens is 265 g/mol. The van der Waals surface area contributed by atoms with Crippen molar-refractivity contribution < 1.29 is 4.39 Å². The molecule has 104 valence electrons. The summed E-state index contributed by atoms with van der Waals surface area (Å²) in [6.45, 7) is 1.89. The summed E-state index contributed by atoms with van der Waals surface area (Å²) in [6.07, 6.45) is 0. The molecule has 0 aliphatic carbocycles. The van der Waals surface area contributed by atoms with Gasteiger partial charge in [0.25, 0.3) is 0 Å². The first-order valence-corrected chi connectivity index (χ1v) is 6.60. The van der Waals surface area contributed by atoms with Gasteiger partial charge in [0.1, 0.15) is 11.6 Å². The molecule has 3 nitrogen and oxygen atoms in total. The summed E-state index contributed by atoms with van der Waals surface area (Å²) >= 11 is 0. The first-order chi connectivity index (χ1) is 10.1. The lowest BCUT2D eigenvalue weighted by Crippen LogP contribution is -2.02. The molecule has 2 N–H and O–H groups in total. The highest BCUT2D eigenvalue weighted by Gasteiger charge is 2.11. The van der Waals surface area contributed by atoms with Gasteiger partial charge < -0.3 is 5.73 Å². The van der Waals surface area contributed by atoms with Gasteiger partial charge in [-0.05, 0) is 31.2 Å². The molecular formula is C17H14FN3. The predicted octanol–water partition coefficient (Wildman–Crippen LogP) is 3.84. The van der Waals surface area contributed by atoms with Gasteiger partial charge in [0.15, 0.2) is 5.82 Å². The number of hydrogen-bond acceptors (Lipinski definition) is 3. The van der Waals surface area contributed by atoms with Crippen LogP contribution in [-0.4, -0.2) is 9.97 Å². The van der Waals surface area contributed by atoms with E-state index in [4.69, 9.17) is 5.73 Å². The van der Waals surface area contributed by atoms with Crippen molar-refractivity contribution in [3.05, 3.63) is 66.0 Å². The van der Waals surface area contributed by atoms with E-state index in [9.17, 15) is 4.39 Å². The van der Waals surface area contributed by atoms with Crippen LogP contribution in [0.3, 0.4) is 0 Å². The van der Waals surface area contributed by atoms with Crippen LogP contribution in [0.15, 0.2) is 54.6 Å². The van der Waals surface area contributed by atoms with Crippen LogP contribution in [0.1, 0.15) is 5.56 Å². The zero-order chi connectivity index (χ0) is 14.8. The van der Waals surface area contributed by atoms with Gasteiger partial charge in [-0.3, -0.25) is 0 Å². The van der Waals surface area contributed by atoms with Crippen molar-refractivity contribution in [2.75, 3.05) is 5.73 Å². The van der Waals surface area contributed by atoms with Crippen molar-refractivity contribution in [3.8, 4) is 22.6 Å². The fraction of sp³-hybridized carbons (Fsp3) is 0.0588. The minimum absolute atomic E-state index is 0.290. The van der Waals surface area contributed by atoms with Crippen LogP contribution in [0, 0.1) is 12.7 Å². The minimum atomic E-state index is -0.290. The third-order valence-corrected chi connectivity index (χ3v) is 3.33. The van der Waals surface area contributed by atoms with E-state index in [0.717, 1.165) is 22.4 Å². The first-order valence-electron chi connectivity index (χ1n) is 6.60. The molecule has 0 amide bonds. The van der Waals surface area contributed by atoms with Crippen LogP contribution in [0.5, 0.6) is 0 Å². The Balaban J connectivity index is 2.16. The Hall–Kier alpha value is -2.75. The Morgan fingerprint density at radius 2 is 1.52 bits per heavy atom. The Labute approximate surface area is 122 Å². The second kappa shape index (κ2) is 5.32.